The summed E-state index contributed by atoms with van der Waals surface area (Å²) in [4.78, 5) is 16.7. The Morgan fingerprint density at radius 1 is 0.926 bits per heavy atom. The Kier molecular flexibility index (Phi) is 6.60. The number of rotatable bonds is 6. The lowest BCUT2D eigenvalue weighted by molar-refractivity contribution is -0.121. The van der Waals surface area contributed by atoms with E-state index in [0.29, 0.717) is 5.75 Å². The molecular weight excluding hydrogens is 336 g/mol. The van der Waals surface area contributed by atoms with Gasteiger partial charge in [-0.15, -0.1) is 0 Å². The summed E-state index contributed by atoms with van der Waals surface area (Å²) < 4.78 is 5.45. The highest BCUT2D eigenvalue weighted by Gasteiger charge is 2.21. The maximum Gasteiger partial charge on any atom is 0.232 e. The van der Waals surface area contributed by atoms with Gasteiger partial charge in [0.05, 0.1) is 18.7 Å². The van der Waals surface area contributed by atoms with Crippen molar-refractivity contribution in [3.05, 3.63) is 96.3 Å². The summed E-state index contributed by atoms with van der Waals surface area (Å²) in [6.45, 7) is 0.522. The first kappa shape index (κ1) is 18.2. The van der Waals surface area contributed by atoms with Crippen LogP contribution in [0, 0.1) is 11.8 Å². The Labute approximate surface area is 159 Å². The number of carbonyl (C=O) groups excluding carboxylic acids is 1. The molecule has 1 aromatic heterocycles. The van der Waals surface area contributed by atoms with E-state index >= 15 is 0 Å². The van der Waals surface area contributed by atoms with E-state index in [4.69, 9.17) is 4.74 Å². The number of ether oxygens (including phenoxy) is 1. The molecule has 4 nitrogen and oxygen atoms in total. The van der Waals surface area contributed by atoms with E-state index in [2.05, 4.69) is 22.1 Å². The predicted molar refractivity (Wildman–Crippen MR) is 105 cm³/mol. The maximum absolute atomic E-state index is 12.8. The Hall–Kier alpha value is -3.58. The molecule has 0 aliphatic heterocycles. The van der Waals surface area contributed by atoms with Crippen molar-refractivity contribution >= 4 is 5.91 Å². The van der Waals surface area contributed by atoms with Crippen molar-refractivity contribution in [2.24, 2.45) is 0 Å². The third-order valence-electron chi connectivity index (χ3n) is 3.95. The summed E-state index contributed by atoms with van der Waals surface area (Å²) in [5.74, 6) is 6.05. The summed E-state index contributed by atoms with van der Waals surface area (Å²) in [5, 5.41) is 2.90. The van der Waals surface area contributed by atoms with Crippen LogP contribution in [0.25, 0.3) is 0 Å². The first-order valence-corrected chi connectivity index (χ1v) is 8.71. The zero-order valence-electron chi connectivity index (χ0n) is 14.8. The van der Waals surface area contributed by atoms with Gasteiger partial charge in [-0.1, -0.05) is 72.5 Å². The average Bonchev–Trinajstić information content (AvgIpc) is 2.73. The molecule has 0 saturated heterocycles. The van der Waals surface area contributed by atoms with E-state index in [0.717, 1.165) is 11.1 Å². The van der Waals surface area contributed by atoms with E-state index in [1.165, 1.54) is 0 Å². The number of hydrogen-bond acceptors (Lipinski definition) is 3. The number of nitrogens with one attached hydrogen (secondary N) is 1. The highest BCUT2D eigenvalue weighted by atomic mass is 16.5. The molecule has 0 fully saturated rings. The fourth-order valence-corrected chi connectivity index (χ4v) is 2.68. The lowest BCUT2D eigenvalue weighted by atomic mass is 9.90. The molecular formula is C23H20N2O2. The first-order chi connectivity index (χ1) is 13.3. The maximum atomic E-state index is 12.8. The second-order valence-electron chi connectivity index (χ2n) is 5.80. The Morgan fingerprint density at radius 2 is 1.59 bits per heavy atom. The minimum atomic E-state index is -0.360. The largest absolute Gasteiger partial charge is 0.479 e. The molecule has 1 N–H and O–H groups in total. The van der Waals surface area contributed by atoms with Crippen molar-refractivity contribution in [3.63, 3.8) is 0 Å². The molecule has 3 rings (SSSR count). The highest BCUT2D eigenvalue weighted by Crippen LogP contribution is 2.24. The normalized spacial score (nSPS) is 9.96. The topological polar surface area (TPSA) is 51.2 Å². The molecule has 0 aliphatic rings. The summed E-state index contributed by atoms with van der Waals surface area (Å²) in [6.07, 6.45) is 3.32. The number of hydrogen-bond donors (Lipinski definition) is 1. The zero-order chi connectivity index (χ0) is 18.7. The molecule has 3 aromatic rings. The average molecular weight is 356 g/mol. The van der Waals surface area contributed by atoms with Gasteiger partial charge in [-0.2, -0.15) is 0 Å². The smallest absolute Gasteiger partial charge is 0.232 e. The highest BCUT2D eigenvalue weighted by molar-refractivity contribution is 5.87. The van der Waals surface area contributed by atoms with E-state index in [1.54, 1.807) is 18.5 Å². The molecule has 1 heterocycles. The van der Waals surface area contributed by atoms with Crippen LogP contribution in [0.4, 0.5) is 0 Å². The predicted octanol–water partition coefficient (Wildman–Crippen LogP) is 3.41. The van der Waals surface area contributed by atoms with Crippen molar-refractivity contribution < 1.29 is 9.53 Å². The number of nitrogens with zero attached hydrogens (tertiary/aromatic N) is 1. The monoisotopic (exact) mass is 356 g/mol. The molecule has 0 bridgehead atoms. The van der Waals surface area contributed by atoms with E-state index in [1.807, 2.05) is 66.7 Å². The van der Waals surface area contributed by atoms with Crippen LogP contribution < -0.4 is 10.1 Å². The Bertz CT molecular complexity index is 861. The fraction of sp³-hybridized carbons (Fsp3) is 0.130. The van der Waals surface area contributed by atoms with Gasteiger partial charge in [0.15, 0.2) is 0 Å². The molecule has 0 radical (unpaired) electrons. The van der Waals surface area contributed by atoms with Crippen molar-refractivity contribution in [2.75, 3.05) is 13.2 Å². The second-order valence-corrected chi connectivity index (χ2v) is 5.80. The van der Waals surface area contributed by atoms with Gasteiger partial charge in [-0.25, -0.2) is 0 Å². The molecule has 4 heteroatoms. The number of pyridine rings is 1. The SMILES string of the molecule is O=C(NCC#CCOc1cccnc1)C(c1ccccc1)c1ccccc1. The first-order valence-electron chi connectivity index (χ1n) is 8.71. The number of amides is 1. The van der Waals surface area contributed by atoms with Crippen LogP contribution in [0.15, 0.2) is 85.2 Å². The van der Waals surface area contributed by atoms with Crippen molar-refractivity contribution in [2.45, 2.75) is 5.92 Å². The molecule has 0 spiro atoms. The standard InChI is InChI=1S/C23H20N2O2/c26-23(25-16-7-8-17-27-21-14-9-15-24-18-21)22(19-10-3-1-4-11-19)20-12-5-2-6-13-20/h1-6,9-15,18,22H,16-17H2,(H,25,26). The van der Waals surface area contributed by atoms with Gasteiger partial charge >= 0.3 is 0 Å². The summed E-state index contributed by atoms with van der Waals surface area (Å²) in [7, 11) is 0. The molecule has 0 saturated carbocycles. The third-order valence-corrected chi connectivity index (χ3v) is 3.95. The zero-order valence-corrected chi connectivity index (χ0v) is 14.8. The quantitative estimate of drug-likeness (QED) is 0.689. The molecule has 0 aliphatic carbocycles. The summed E-state index contributed by atoms with van der Waals surface area (Å²) >= 11 is 0. The third kappa shape index (κ3) is 5.45. The number of carbonyl (C=O) groups is 1. The summed E-state index contributed by atoms with van der Waals surface area (Å²) in [6, 6.07) is 23.1. The summed E-state index contributed by atoms with van der Waals surface area (Å²) in [5.41, 5.74) is 1.91. The molecule has 134 valence electrons. The van der Waals surface area contributed by atoms with E-state index in [9.17, 15) is 4.79 Å². The van der Waals surface area contributed by atoms with E-state index < -0.39 is 0 Å². The van der Waals surface area contributed by atoms with Crippen LogP contribution in [0.2, 0.25) is 0 Å². The van der Waals surface area contributed by atoms with Gasteiger partial charge in [-0.3, -0.25) is 9.78 Å². The van der Waals surface area contributed by atoms with Crippen LogP contribution in [0.3, 0.4) is 0 Å². The molecule has 1 amide bonds. The number of aromatic nitrogens is 1. The van der Waals surface area contributed by atoms with Crippen LogP contribution >= 0.6 is 0 Å². The van der Waals surface area contributed by atoms with Gasteiger partial charge in [0.25, 0.3) is 0 Å². The Morgan fingerprint density at radius 3 is 2.19 bits per heavy atom. The van der Waals surface area contributed by atoms with Gasteiger partial charge in [-0.05, 0) is 23.3 Å². The minimum absolute atomic E-state index is 0.0742. The Balaban J connectivity index is 1.58. The van der Waals surface area contributed by atoms with Crippen LogP contribution in [-0.4, -0.2) is 24.0 Å². The molecule has 0 unspecified atom stereocenters. The van der Waals surface area contributed by atoms with Gasteiger partial charge in [0, 0.05) is 6.20 Å². The molecule has 27 heavy (non-hydrogen) atoms. The lowest BCUT2D eigenvalue weighted by Gasteiger charge is -2.17. The van der Waals surface area contributed by atoms with Crippen molar-refractivity contribution in [1.82, 2.24) is 10.3 Å². The van der Waals surface area contributed by atoms with Crippen LogP contribution in [-0.2, 0) is 4.79 Å². The van der Waals surface area contributed by atoms with Crippen molar-refractivity contribution in [1.29, 1.82) is 0 Å². The second kappa shape index (κ2) is 9.79. The van der Waals surface area contributed by atoms with Gasteiger partial charge < -0.3 is 10.1 Å². The minimum Gasteiger partial charge on any atom is -0.479 e. The van der Waals surface area contributed by atoms with Crippen LogP contribution in [0.5, 0.6) is 5.75 Å². The number of benzene rings is 2. The van der Waals surface area contributed by atoms with Gasteiger partial charge in [0.1, 0.15) is 12.4 Å². The molecule has 2 aromatic carbocycles. The van der Waals surface area contributed by atoms with Crippen LogP contribution in [0.1, 0.15) is 17.0 Å². The van der Waals surface area contributed by atoms with Crippen molar-refractivity contribution in [3.8, 4) is 17.6 Å². The fourth-order valence-electron chi connectivity index (χ4n) is 2.68. The van der Waals surface area contributed by atoms with E-state index in [-0.39, 0.29) is 25.0 Å². The van der Waals surface area contributed by atoms with Gasteiger partial charge in [0.2, 0.25) is 5.91 Å². The lowest BCUT2D eigenvalue weighted by Crippen LogP contribution is -2.30. The molecule has 0 atom stereocenters.